The van der Waals surface area contributed by atoms with Crippen LogP contribution < -0.4 is 14.9 Å². The van der Waals surface area contributed by atoms with Gasteiger partial charge in [0.1, 0.15) is 61.1 Å². The van der Waals surface area contributed by atoms with Crippen molar-refractivity contribution in [2.75, 3.05) is 58.4 Å². The molecule has 2 amide bonds. The topological polar surface area (TPSA) is 304 Å². The van der Waals surface area contributed by atoms with Crippen molar-refractivity contribution in [2.45, 2.75) is 182 Å². The molecule has 5 fully saturated rings. The molecule has 41 heteroatoms. The maximum atomic E-state index is 12.6. The number of fused-ring (bicyclic) bond motifs is 4. The number of nitrogens with zero attached hydrogens (tertiary/aromatic N) is 8. The molecule has 25 nitrogen and oxygen atoms in total. The largest absolute Gasteiger partial charge is 0.494 e. The van der Waals surface area contributed by atoms with E-state index in [0.717, 1.165) is 66.8 Å². The van der Waals surface area contributed by atoms with E-state index in [0.29, 0.717) is 86.5 Å². The molecule has 9 heterocycles. The Labute approximate surface area is 741 Å². The summed E-state index contributed by atoms with van der Waals surface area (Å²) >= 11 is 20.1. The van der Waals surface area contributed by atoms with Gasteiger partial charge in [0.15, 0.2) is 23.5 Å². The highest BCUT2D eigenvalue weighted by atomic mass is 79.9. The Morgan fingerprint density at radius 2 is 0.894 bits per heavy atom. The number of ether oxygens (including phenoxy) is 8. The summed E-state index contributed by atoms with van der Waals surface area (Å²) in [5, 5.41) is 21.2. The van der Waals surface area contributed by atoms with Crippen molar-refractivity contribution >= 4 is 148 Å². The van der Waals surface area contributed by atoms with Crippen LogP contribution >= 0.6 is 55.1 Å². The van der Waals surface area contributed by atoms with Crippen molar-refractivity contribution in [2.24, 2.45) is 8.73 Å². The monoisotopic (exact) mass is 1970 g/mol. The van der Waals surface area contributed by atoms with Crippen LogP contribution in [-0.4, -0.2) is 218 Å². The van der Waals surface area contributed by atoms with Gasteiger partial charge >= 0.3 is 43.3 Å². The van der Waals surface area contributed by atoms with Crippen LogP contribution in [-0.2, 0) is 108 Å². The van der Waals surface area contributed by atoms with Crippen LogP contribution in [0.4, 0.5) is 26.3 Å². The van der Waals surface area contributed by atoms with Crippen molar-refractivity contribution < 1.29 is 106 Å². The molecule has 5 aliphatic heterocycles. The number of benzene rings is 5. The number of carbonyl (C=O) groups excluding carboxylic acids is 2. The molecule has 5 aliphatic rings. The number of hydrogen-bond donors (Lipinski definition) is 2. The summed E-state index contributed by atoms with van der Waals surface area (Å²) in [7, 11) is -10.5. The summed E-state index contributed by atoms with van der Waals surface area (Å²) in [6.45, 7) is 24.4. The minimum Gasteiger partial charge on any atom is -0.456 e. The number of carbonyl (C=O) groups is 2. The van der Waals surface area contributed by atoms with Gasteiger partial charge in [0.05, 0.1) is 90.0 Å². The van der Waals surface area contributed by atoms with E-state index in [9.17, 15) is 58.8 Å². The standard InChI is InChI=1S/C34H38ClF3N4O7SSi.C30H41BClN3O7Si.C10H9BrF3NO2S.C8H9BrOS/c1-50(45,41-32(44)34(36,37)38)18-20-5-7-21(8-6-20)22-9-11-23(12-10-22)28-24(35)15-25-31(40-28)42(19-46-13-14-51(2,3)4)33(39-25)49-27-17-48-29-26(43)16-47-30(27)29;1-29(2)30(3,4)42-31(41-29)19-10-8-18(9-11-19)24-20(32)14-21-27(34-24)35(17-37-12-13-43(5,6)7)28(33-21)40-23-16-39-25-22(36)15-38-26(23)25;1-18(17,15-9(16)10(12,13)14)6-7-2-4-8(11)5-3-7;1-11(10)6-7-2-4-8(9)5-3-7/h5-12,15,26-27,29-30,43H,13-14,16-19H2,1-4H3;8-11,14,22-23,25-26,36H,12-13,15-17H2,1-7H3;2-5H,6H2,1H3;2-5H,6H2,1H3/t26-,27-,29-,30-,50?;22-,23-,25-,26-;;/m11../s1. The van der Waals surface area contributed by atoms with Crippen LogP contribution in [0.3, 0.4) is 0 Å². The second kappa shape index (κ2) is 40.1. The van der Waals surface area contributed by atoms with Crippen molar-refractivity contribution in [3.05, 3.63) is 169 Å². The summed E-state index contributed by atoms with van der Waals surface area (Å²) in [6, 6.07) is 42.7. The zero-order valence-electron chi connectivity index (χ0n) is 69.7. The minimum absolute atomic E-state index is 0.143. The molecule has 123 heavy (non-hydrogen) atoms. The van der Waals surface area contributed by atoms with E-state index in [1.165, 1.54) is 0 Å². The Balaban J connectivity index is 0.000000183. The zero-order chi connectivity index (χ0) is 89.7. The van der Waals surface area contributed by atoms with Gasteiger partial charge in [0, 0.05) is 84.8 Å². The first kappa shape index (κ1) is 97.2. The third-order valence-corrected chi connectivity index (χ3v) is 29.1. The molecule has 3 unspecified atom stereocenters. The first-order valence-corrected chi connectivity index (χ1v) is 54.7. The zero-order valence-corrected chi connectivity index (χ0v) is 78.8. The molecule has 4 aromatic heterocycles. The lowest BCUT2D eigenvalue weighted by Crippen LogP contribution is -2.41. The second-order valence-corrected chi connectivity index (χ2v) is 53.9. The number of halogens is 10. The molecular formula is C82H97BBr2Cl2F6N8O17S3Si2. The quantitative estimate of drug-likeness (QED) is 0.0322. The highest BCUT2D eigenvalue weighted by Gasteiger charge is 2.53. The Bertz CT molecular complexity index is 5520. The molecular weight excluding hydrogens is 1880 g/mol. The third-order valence-electron chi connectivity index (χ3n) is 20.4. The predicted molar refractivity (Wildman–Crippen MR) is 474 cm³/mol. The first-order chi connectivity index (χ1) is 57.5. The number of imidazole rings is 2. The Morgan fingerprint density at radius 3 is 1.26 bits per heavy atom. The van der Waals surface area contributed by atoms with E-state index in [2.05, 4.69) is 79.9 Å². The minimum atomic E-state index is -5.17. The average molecular weight is 1970 g/mol. The number of hydrogen-bond acceptors (Lipinski definition) is 21. The third kappa shape index (κ3) is 26.2. The maximum absolute atomic E-state index is 12.6. The first-order valence-electron chi connectivity index (χ1n) is 39.0. The predicted octanol–water partition coefficient (Wildman–Crippen LogP) is 16.1. The van der Waals surface area contributed by atoms with E-state index >= 15 is 0 Å². The molecule has 2 N–H and O–H groups in total. The van der Waals surface area contributed by atoms with Gasteiger partial charge < -0.3 is 57.4 Å². The van der Waals surface area contributed by atoms with Crippen molar-refractivity contribution in [3.8, 4) is 45.7 Å². The normalized spacial score (nSPS) is 21.6. The number of aliphatic hydroxyl groups excluding tert-OH is 2. The fourth-order valence-electron chi connectivity index (χ4n) is 13.2. The van der Waals surface area contributed by atoms with Gasteiger partial charge in [-0.15, -0.1) is 0 Å². The fourth-order valence-corrected chi connectivity index (χ4v) is 19.1. The van der Waals surface area contributed by atoms with Crippen LogP contribution in [0, 0.1) is 0 Å². The fraction of sp³-hybridized carbons (Fsp3) is 0.463. The van der Waals surface area contributed by atoms with E-state index in [-0.39, 0.29) is 56.9 Å². The highest BCUT2D eigenvalue weighted by Crippen LogP contribution is 2.40. The van der Waals surface area contributed by atoms with E-state index < -0.39 is 132 Å². The highest BCUT2D eigenvalue weighted by molar-refractivity contribution is 9.10. The second-order valence-electron chi connectivity index (χ2n) is 33.8. The van der Waals surface area contributed by atoms with Gasteiger partial charge in [-0.25, -0.2) is 18.4 Å². The van der Waals surface area contributed by atoms with Gasteiger partial charge in [-0.3, -0.25) is 22.9 Å². The summed E-state index contributed by atoms with van der Waals surface area (Å²) in [5.41, 5.74) is 8.80. The summed E-state index contributed by atoms with van der Waals surface area (Å²) in [6.07, 6.45) is -10.5. The Morgan fingerprint density at radius 1 is 0.553 bits per heavy atom. The molecule has 0 bridgehead atoms. The van der Waals surface area contributed by atoms with E-state index in [4.69, 9.17) is 90.3 Å². The molecule has 666 valence electrons. The summed E-state index contributed by atoms with van der Waals surface area (Å²) in [5.74, 6) is -4.54. The molecule has 0 saturated carbocycles. The van der Waals surface area contributed by atoms with Crippen molar-refractivity contribution in [1.82, 2.24) is 29.1 Å². The van der Waals surface area contributed by atoms with Crippen molar-refractivity contribution in [3.63, 3.8) is 0 Å². The molecule has 0 radical (unpaired) electrons. The van der Waals surface area contributed by atoms with Crippen LogP contribution in [0.5, 0.6) is 12.0 Å². The van der Waals surface area contributed by atoms with E-state index in [1.54, 1.807) is 71.5 Å². The average Bonchev–Trinajstić information content (AvgIpc) is 1.63. The molecule has 0 spiro atoms. The summed E-state index contributed by atoms with van der Waals surface area (Å²) < 4.78 is 180. The van der Waals surface area contributed by atoms with Crippen molar-refractivity contribution in [1.29, 1.82) is 0 Å². The van der Waals surface area contributed by atoms with Crippen LogP contribution in [0.15, 0.2) is 151 Å². The molecule has 0 aliphatic carbocycles. The number of rotatable bonds is 24. The molecule has 5 aromatic carbocycles. The SMILES string of the molecule is CC1(C)OB(c2ccc(-c3nc4c(cc3Cl)nc(O[C@@H]3CO[C@H]5[C@@H]3OC[C@H]5O)n4COCC[Si](C)(C)C)cc2)OC1(C)C.CS(=O)(Cc1ccc(Br)cc1)=NC(=O)C(F)(F)F.CS(=O)Cc1ccc(Br)cc1.C[Si](C)(C)CCOCn1c(O[C@@H]2CO[C@H]3[C@@H]2OC[C@H]3O)nc2cc(Cl)c(-c3ccc(-c4ccc(CS(C)(=O)=NC(=O)C(F)(F)F)cc4)cc3)nc21. The number of aromatic nitrogens is 6. The Kier molecular flexibility index (Phi) is 31.6. The number of amides is 2. The lowest BCUT2D eigenvalue weighted by Gasteiger charge is -2.32. The lowest BCUT2D eigenvalue weighted by atomic mass is 9.79. The smallest absolute Gasteiger partial charge is 0.456 e. The van der Waals surface area contributed by atoms with Crippen LogP contribution in [0.25, 0.3) is 56.0 Å². The number of alkyl halides is 6. The Hall–Kier alpha value is -6.45. The van der Waals surface area contributed by atoms with Gasteiger partial charge in [0.2, 0.25) is 0 Å². The molecule has 14 rings (SSSR count). The van der Waals surface area contributed by atoms with Crippen LogP contribution in [0.2, 0.25) is 61.4 Å². The van der Waals surface area contributed by atoms with Gasteiger partial charge in [-0.2, -0.15) is 45.0 Å². The van der Waals surface area contributed by atoms with Crippen LogP contribution in [0.1, 0.15) is 44.4 Å². The van der Waals surface area contributed by atoms with E-state index in [1.807, 2.05) is 105 Å². The van der Waals surface area contributed by atoms with Gasteiger partial charge in [0.25, 0.3) is 0 Å². The lowest BCUT2D eigenvalue weighted by molar-refractivity contribution is -0.169. The molecule has 5 saturated heterocycles. The van der Waals surface area contributed by atoms with Gasteiger partial charge in [-0.1, -0.05) is 191 Å². The number of pyridine rings is 2. The molecule has 11 atom stereocenters. The number of aliphatic hydroxyl groups is 2. The maximum Gasteiger partial charge on any atom is 0.494 e. The summed E-state index contributed by atoms with van der Waals surface area (Å²) in [4.78, 5) is 41.2. The van der Waals surface area contributed by atoms with Gasteiger partial charge in [-0.05, 0) is 109 Å². The molecule has 9 aromatic rings.